The first-order valence-electron chi connectivity index (χ1n) is 4.08. The van der Waals surface area contributed by atoms with E-state index in [9.17, 15) is 13.2 Å². The first-order valence-corrected chi connectivity index (χ1v) is 5.69. The summed E-state index contributed by atoms with van der Waals surface area (Å²) in [5.74, 6) is -1.89. The molecule has 15 heavy (non-hydrogen) atoms. The van der Waals surface area contributed by atoms with Crippen molar-refractivity contribution in [1.29, 1.82) is 0 Å². The summed E-state index contributed by atoms with van der Waals surface area (Å²) in [5.41, 5.74) is 0.535. The molecule has 0 fully saturated rings. The predicted molar refractivity (Wildman–Crippen MR) is 53.4 cm³/mol. The van der Waals surface area contributed by atoms with Crippen molar-refractivity contribution in [3.8, 4) is 0 Å². The molecule has 1 rings (SSSR count). The van der Waals surface area contributed by atoms with Gasteiger partial charge >= 0.3 is 5.97 Å². The number of carboxylic acid groups (broad SMARTS) is 1. The highest BCUT2D eigenvalue weighted by molar-refractivity contribution is 7.85. The predicted octanol–water partition coefficient (Wildman–Crippen LogP) is 1.08. The SMILES string of the molecule is Cc1cccc(C(=O)O)c1CS(=O)(=O)O. The summed E-state index contributed by atoms with van der Waals surface area (Å²) < 4.78 is 30.1. The van der Waals surface area contributed by atoms with Gasteiger partial charge in [-0.05, 0) is 24.1 Å². The van der Waals surface area contributed by atoms with Crippen LogP contribution in [0.15, 0.2) is 18.2 Å². The van der Waals surface area contributed by atoms with E-state index in [1.54, 1.807) is 13.0 Å². The first kappa shape index (κ1) is 11.7. The maximum atomic E-state index is 10.8. The van der Waals surface area contributed by atoms with Crippen LogP contribution in [0.5, 0.6) is 0 Å². The molecule has 0 heterocycles. The minimum absolute atomic E-state index is 0.104. The summed E-state index contributed by atoms with van der Waals surface area (Å²) in [4.78, 5) is 10.8. The molecule has 0 aromatic heterocycles. The van der Waals surface area contributed by atoms with E-state index in [0.717, 1.165) is 0 Å². The Hall–Kier alpha value is -1.40. The number of aryl methyl sites for hydroxylation is 1. The fourth-order valence-electron chi connectivity index (χ4n) is 1.28. The maximum Gasteiger partial charge on any atom is 0.336 e. The lowest BCUT2D eigenvalue weighted by Gasteiger charge is -2.07. The van der Waals surface area contributed by atoms with Crippen LogP contribution < -0.4 is 0 Å². The quantitative estimate of drug-likeness (QED) is 0.758. The van der Waals surface area contributed by atoms with Crippen LogP contribution in [-0.2, 0) is 15.9 Å². The van der Waals surface area contributed by atoms with Crippen molar-refractivity contribution < 1.29 is 22.9 Å². The molecule has 0 amide bonds. The summed E-state index contributed by atoms with van der Waals surface area (Å²) in [6.45, 7) is 1.59. The summed E-state index contributed by atoms with van der Waals surface area (Å²) in [6.07, 6.45) is 0. The third kappa shape index (κ3) is 3.03. The van der Waals surface area contributed by atoms with Crippen molar-refractivity contribution in [2.45, 2.75) is 12.7 Å². The van der Waals surface area contributed by atoms with Crippen LogP contribution in [0.4, 0.5) is 0 Å². The van der Waals surface area contributed by atoms with Gasteiger partial charge < -0.3 is 5.11 Å². The second-order valence-corrected chi connectivity index (χ2v) is 4.58. The molecule has 0 atom stereocenters. The molecular weight excluding hydrogens is 220 g/mol. The van der Waals surface area contributed by atoms with Crippen LogP contribution in [-0.4, -0.2) is 24.0 Å². The Morgan fingerprint density at radius 3 is 2.47 bits per heavy atom. The third-order valence-corrected chi connectivity index (χ3v) is 2.62. The van der Waals surface area contributed by atoms with Gasteiger partial charge in [-0.1, -0.05) is 12.1 Å². The lowest BCUT2D eigenvalue weighted by molar-refractivity contribution is 0.0696. The Balaban J connectivity index is 3.32. The molecule has 6 heteroatoms. The number of hydrogen-bond donors (Lipinski definition) is 2. The van der Waals surface area contributed by atoms with Gasteiger partial charge in [-0.2, -0.15) is 8.42 Å². The zero-order valence-electron chi connectivity index (χ0n) is 7.97. The van der Waals surface area contributed by atoms with E-state index < -0.39 is 21.8 Å². The van der Waals surface area contributed by atoms with Gasteiger partial charge in [0, 0.05) is 0 Å². The summed E-state index contributed by atoms with van der Waals surface area (Å²) in [5, 5.41) is 8.81. The van der Waals surface area contributed by atoms with Crippen molar-refractivity contribution in [2.24, 2.45) is 0 Å². The maximum absolute atomic E-state index is 10.8. The Morgan fingerprint density at radius 1 is 1.40 bits per heavy atom. The molecule has 1 aromatic rings. The monoisotopic (exact) mass is 230 g/mol. The second kappa shape index (κ2) is 4.00. The lowest BCUT2D eigenvalue weighted by Crippen LogP contribution is -2.09. The average Bonchev–Trinajstić information content (AvgIpc) is 2.05. The topological polar surface area (TPSA) is 91.7 Å². The van der Waals surface area contributed by atoms with Gasteiger partial charge in [0.05, 0.1) is 5.56 Å². The minimum Gasteiger partial charge on any atom is -0.478 e. The number of rotatable bonds is 3. The molecule has 0 aliphatic rings. The van der Waals surface area contributed by atoms with Gasteiger partial charge in [0.25, 0.3) is 10.1 Å². The number of aromatic carboxylic acids is 1. The van der Waals surface area contributed by atoms with Crippen LogP contribution in [0, 0.1) is 6.92 Å². The van der Waals surface area contributed by atoms with E-state index in [-0.39, 0.29) is 11.1 Å². The van der Waals surface area contributed by atoms with Crippen molar-refractivity contribution in [3.63, 3.8) is 0 Å². The standard InChI is InChI=1S/C9H10O5S/c1-6-3-2-4-7(9(10)11)8(6)5-15(12,13)14/h2-4H,5H2,1H3,(H,10,11)(H,12,13,14). The molecule has 82 valence electrons. The minimum atomic E-state index is -4.22. The largest absolute Gasteiger partial charge is 0.478 e. The zero-order chi connectivity index (χ0) is 11.6. The number of hydrogen-bond acceptors (Lipinski definition) is 3. The van der Waals surface area contributed by atoms with Crippen LogP contribution in [0.3, 0.4) is 0 Å². The van der Waals surface area contributed by atoms with Gasteiger partial charge in [-0.3, -0.25) is 4.55 Å². The average molecular weight is 230 g/mol. The molecule has 0 unspecified atom stereocenters. The van der Waals surface area contributed by atoms with E-state index >= 15 is 0 Å². The van der Waals surface area contributed by atoms with Gasteiger partial charge in [0.15, 0.2) is 0 Å². The molecule has 2 N–H and O–H groups in total. The van der Waals surface area contributed by atoms with Crippen LogP contribution in [0.25, 0.3) is 0 Å². The molecule has 0 bridgehead atoms. The van der Waals surface area contributed by atoms with Crippen LogP contribution in [0.2, 0.25) is 0 Å². The van der Waals surface area contributed by atoms with E-state index in [0.29, 0.717) is 5.56 Å². The fourth-order valence-corrected chi connectivity index (χ4v) is 2.02. The summed E-state index contributed by atoms with van der Waals surface area (Å²) >= 11 is 0. The van der Waals surface area contributed by atoms with E-state index in [1.807, 2.05) is 0 Å². The van der Waals surface area contributed by atoms with Crippen LogP contribution >= 0.6 is 0 Å². The van der Waals surface area contributed by atoms with Crippen LogP contribution in [0.1, 0.15) is 21.5 Å². The van der Waals surface area contributed by atoms with Gasteiger partial charge in [-0.15, -0.1) is 0 Å². The highest BCUT2D eigenvalue weighted by atomic mass is 32.2. The second-order valence-electron chi connectivity index (χ2n) is 3.13. The van der Waals surface area contributed by atoms with Crippen molar-refractivity contribution in [1.82, 2.24) is 0 Å². The summed E-state index contributed by atoms with van der Waals surface area (Å²) in [7, 11) is -4.22. The number of benzene rings is 1. The summed E-state index contributed by atoms with van der Waals surface area (Å²) in [6, 6.07) is 4.41. The van der Waals surface area contributed by atoms with E-state index in [1.165, 1.54) is 12.1 Å². The molecule has 0 saturated heterocycles. The fraction of sp³-hybridized carbons (Fsp3) is 0.222. The Bertz CT molecular complexity index is 489. The first-order chi connectivity index (χ1) is 6.81. The third-order valence-electron chi connectivity index (χ3n) is 1.97. The van der Waals surface area contributed by atoms with Crippen molar-refractivity contribution in [2.75, 3.05) is 0 Å². The number of carboxylic acids is 1. The van der Waals surface area contributed by atoms with E-state index in [2.05, 4.69) is 0 Å². The van der Waals surface area contributed by atoms with Gasteiger partial charge in [-0.25, -0.2) is 4.79 Å². The molecule has 0 radical (unpaired) electrons. The Labute approximate surface area is 87.1 Å². The van der Waals surface area contributed by atoms with Gasteiger partial charge in [0.1, 0.15) is 5.75 Å². The Morgan fingerprint density at radius 2 is 2.00 bits per heavy atom. The smallest absolute Gasteiger partial charge is 0.336 e. The molecule has 5 nitrogen and oxygen atoms in total. The highest BCUT2D eigenvalue weighted by Crippen LogP contribution is 2.16. The molecule has 0 saturated carbocycles. The molecule has 0 aliphatic heterocycles. The molecule has 1 aromatic carbocycles. The van der Waals surface area contributed by atoms with Gasteiger partial charge in [0.2, 0.25) is 0 Å². The molecule has 0 aliphatic carbocycles. The van der Waals surface area contributed by atoms with Crippen molar-refractivity contribution in [3.05, 3.63) is 34.9 Å². The number of carbonyl (C=O) groups is 1. The molecular formula is C9H10O5S. The van der Waals surface area contributed by atoms with E-state index in [4.69, 9.17) is 9.66 Å². The lowest BCUT2D eigenvalue weighted by atomic mass is 10.0. The Kier molecular flexibility index (Phi) is 3.11. The van der Waals surface area contributed by atoms with Crippen molar-refractivity contribution >= 4 is 16.1 Å². The normalized spacial score (nSPS) is 11.3. The zero-order valence-corrected chi connectivity index (χ0v) is 8.78. The molecule has 0 spiro atoms. The highest BCUT2D eigenvalue weighted by Gasteiger charge is 2.16.